The van der Waals surface area contributed by atoms with Gasteiger partial charge in [-0.1, -0.05) is 18.2 Å². The molecule has 0 saturated heterocycles. The third-order valence-corrected chi connectivity index (χ3v) is 4.04. The average Bonchev–Trinajstić information content (AvgIpc) is 3.27. The molecule has 7 nitrogen and oxygen atoms in total. The summed E-state index contributed by atoms with van der Waals surface area (Å²) in [7, 11) is 0. The van der Waals surface area contributed by atoms with Gasteiger partial charge in [0.15, 0.2) is 12.4 Å². The first kappa shape index (κ1) is 17.5. The topological polar surface area (TPSA) is 104 Å². The number of aromatic amines is 2. The number of hydrogen-bond donors (Lipinski definition) is 3. The van der Waals surface area contributed by atoms with E-state index in [1.54, 1.807) is 0 Å². The van der Waals surface area contributed by atoms with Crippen molar-refractivity contribution in [1.82, 2.24) is 15.3 Å². The molecule has 0 aliphatic rings. The van der Waals surface area contributed by atoms with E-state index in [1.165, 1.54) is 19.2 Å². The van der Waals surface area contributed by atoms with Crippen LogP contribution in [0, 0.1) is 0 Å². The van der Waals surface area contributed by atoms with Gasteiger partial charge in [0.25, 0.3) is 5.91 Å². The molecule has 2 heterocycles. The van der Waals surface area contributed by atoms with Crippen molar-refractivity contribution in [2.24, 2.45) is 0 Å². The monoisotopic (exact) mass is 353 g/mol. The number of ketones is 1. The molecule has 1 amide bonds. The quantitative estimate of drug-likeness (QED) is 0.447. The summed E-state index contributed by atoms with van der Waals surface area (Å²) >= 11 is 0. The van der Waals surface area contributed by atoms with E-state index in [4.69, 9.17) is 4.74 Å². The fourth-order valence-electron chi connectivity index (χ4n) is 2.65. The van der Waals surface area contributed by atoms with Gasteiger partial charge in [-0.15, -0.1) is 0 Å². The number of carbonyl (C=O) groups excluding carboxylic acids is 3. The number of aromatic nitrogens is 2. The molecule has 0 spiro atoms. The van der Waals surface area contributed by atoms with Crippen molar-refractivity contribution < 1.29 is 19.1 Å². The number of H-pyrrole nitrogens is 2. The van der Waals surface area contributed by atoms with Crippen molar-refractivity contribution >= 4 is 28.6 Å². The van der Waals surface area contributed by atoms with Gasteiger partial charge in [-0.3, -0.25) is 9.59 Å². The van der Waals surface area contributed by atoms with Crippen LogP contribution in [0.5, 0.6) is 0 Å². The number of benzene rings is 1. The number of rotatable bonds is 7. The predicted molar refractivity (Wildman–Crippen MR) is 96.1 cm³/mol. The van der Waals surface area contributed by atoms with Gasteiger partial charge in [-0.25, -0.2) is 4.79 Å². The second kappa shape index (κ2) is 7.69. The van der Waals surface area contributed by atoms with E-state index in [2.05, 4.69) is 15.3 Å². The Bertz CT molecular complexity index is 955. The van der Waals surface area contributed by atoms with Crippen LogP contribution in [0.25, 0.3) is 10.9 Å². The van der Waals surface area contributed by atoms with Crippen LogP contribution >= 0.6 is 0 Å². The van der Waals surface area contributed by atoms with Gasteiger partial charge >= 0.3 is 5.97 Å². The molecule has 2 aromatic heterocycles. The lowest BCUT2D eigenvalue weighted by atomic mass is 10.1. The molecule has 0 fully saturated rings. The van der Waals surface area contributed by atoms with Crippen molar-refractivity contribution in [1.29, 1.82) is 0 Å². The first-order valence-corrected chi connectivity index (χ1v) is 8.23. The minimum atomic E-state index is -0.677. The molecule has 0 aliphatic heterocycles. The highest BCUT2D eigenvalue weighted by Gasteiger charge is 2.13. The zero-order chi connectivity index (χ0) is 18.5. The number of fused-ring (bicyclic) bond motifs is 1. The van der Waals surface area contributed by atoms with Crippen LogP contribution < -0.4 is 5.32 Å². The Morgan fingerprint density at radius 2 is 1.92 bits per heavy atom. The predicted octanol–water partition coefficient (Wildman–Crippen LogP) is 2.21. The van der Waals surface area contributed by atoms with Crippen molar-refractivity contribution in [2.45, 2.75) is 13.3 Å². The lowest BCUT2D eigenvalue weighted by molar-refractivity contribution is -0.124. The van der Waals surface area contributed by atoms with Gasteiger partial charge in [-0.2, -0.15) is 0 Å². The van der Waals surface area contributed by atoms with Crippen LogP contribution in [0.1, 0.15) is 33.3 Å². The molecule has 7 heteroatoms. The van der Waals surface area contributed by atoms with Crippen LogP contribution in [0.15, 0.2) is 42.7 Å². The molecule has 1 aromatic carbocycles. The SMILES string of the molecule is CC(=O)c1c[nH]c(C(=O)OCC(=O)NCCc2c[nH]c3ccccc23)c1. The molecule has 26 heavy (non-hydrogen) atoms. The molecule has 134 valence electrons. The lowest BCUT2D eigenvalue weighted by Crippen LogP contribution is -2.30. The number of Topliss-reactive ketones (excluding diaryl/α,β-unsaturated/α-hetero) is 1. The molecule has 0 radical (unpaired) electrons. The van der Waals surface area contributed by atoms with Crippen molar-refractivity contribution in [3.05, 3.63) is 59.5 Å². The van der Waals surface area contributed by atoms with Gasteiger partial charge in [-0.05, 0) is 31.0 Å². The molecule has 0 atom stereocenters. The summed E-state index contributed by atoms with van der Waals surface area (Å²) in [5.74, 6) is -1.21. The van der Waals surface area contributed by atoms with Crippen molar-refractivity contribution in [2.75, 3.05) is 13.2 Å². The number of esters is 1. The Labute approximate surface area is 149 Å². The lowest BCUT2D eigenvalue weighted by Gasteiger charge is -2.05. The number of para-hydroxylation sites is 1. The molecule has 0 unspecified atom stereocenters. The van der Waals surface area contributed by atoms with E-state index < -0.39 is 5.97 Å². The molecule has 3 rings (SSSR count). The molecule has 3 N–H and O–H groups in total. The van der Waals surface area contributed by atoms with E-state index >= 15 is 0 Å². The van der Waals surface area contributed by atoms with E-state index in [9.17, 15) is 14.4 Å². The number of hydrogen-bond acceptors (Lipinski definition) is 4. The normalized spacial score (nSPS) is 10.7. The molecule has 0 aliphatic carbocycles. The smallest absolute Gasteiger partial charge is 0.355 e. The van der Waals surface area contributed by atoms with Gasteiger partial charge in [0.1, 0.15) is 5.69 Å². The highest BCUT2D eigenvalue weighted by molar-refractivity contribution is 5.97. The Balaban J connectivity index is 1.44. The third-order valence-electron chi connectivity index (χ3n) is 4.04. The Morgan fingerprint density at radius 3 is 2.69 bits per heavy atom. The van der Waals surface area contributed by atoms with Gasteiger partial charge < -0.3 is 20.0 Å². The minimum absolute atomic E-state index is 0.141. The van der Waals surface area contributed by atoms with Gasteiger partial charge in [0.05, 0.1) is 0 Å². The summed E-state index contributed by atoms with van der Waals surface area (Å²) in [5.41, 5.74) is 2.70. The molecular weight excluding hydrogens is 334 g/mol. The maximum absolute atomic E-state index is 11.8. The van der Waals surface area contributed by atoms with E-state index in [0.717, 1.165) is 16.5 Å². The minimum Gasteiger partial charge on any atom is -0.451 e. The Morgan fingerprint density at radius 1 is 1.12 bits per heavy atom. The van der Waals surface area contributed by atoms with Crippen molar-refractivity contribution in [3.8, 4) is 0 Å². The summed E-state index contributed by atoms with van der Waals surface area (Å²) in [5, 5.41) is 3.85. The maximum Gasteiger partial charge on any atom is 0.355 e. The maximum atomic E-state index is 11.8. The summed E-state index contributed by atoms with van der Waals surface area (Å²) in [6.07, 6.45) is 4.02. The Kier molecular flexibility index (Phi) is 5.17. The molecule has 0 saturated carbocycles. The highest BCUT2D eigenvalue weighted by Crippen LogP contribution is 2.17. The van der Waals surface area contributed by atoms with E-state index in [-0.39, 0.29) is 24.0 Å². The highest BCUT2D eigenvalue weighted by atomic mass is 16.5. The second-order valence-corrected chi connectivity index (χ2v) is 5.89. The summed E-state index contributed by atoms with van der Waals surface area (Å²) in [6.45, 7) is 1.47. The zero-order valence-corrected chi connectivity index (χ0v) is 14.3. The fraction of sp³-hybridized carbons (Fsp3) is 0.211. The summed E-state index contributed by atoms with van der Waals surface area (Å²) in [4.78, 5) is 40.7. The largest absolute Gasteiger partial charge is 0.451 e. The first-order chi connectivity index (χ1) is 12.5. The standard InChI is InChI=1S/C19H19N3O4/c1-12(23)14-8-17(22-10-14)19(25)26-11-18(24)20-7-6-13-9-21-16-5-3-2-4-15(13)16/h2-5,8-10,21-22H,6-7,11H2,1H3,(H,20,24). The molecule has 3 aromatic rings. The zero-order valence-electron chi connectivity index (χ0n) is 14.3. The summed E-state index contributed by atoms with van der Waals surface area (Å²) < 4.78 is 4.94. The second-order valence-electron chi connectivity index (χ2n) is 5.89. The fourth-order valence-corrected chi connectivity index (χ4v) is 2.65. The molecule has 0 bridgehead atoms. The number of carbonyl (C=O) groups is 3. The first-order valence-electron chi connectivity index (χ1n) is 8.23. The van der Waals surface area contributed by atoms with Crippen LogP contribution in [-0.2, 0) is 16.0 Å². The van der Waals surface area contributed by atoms with Crippen molar-refractivity contribution in [3.63, 3.8) is 0 Å². The summed E-state index contributed by atoms with van der Waals surface area (Å²) in [6, 6.07) is 9.35. The van der Waals surface area contributed by atoms with Gasteiger partial charge in [0, 0.05) is 35.4 Å². The van der Waals surface area contributed by atoms with E-state index in [1.807, 2.05) is 30.5 Å². The van der Waals surface area contributed by atoms with Crippen LogP contribution in [0.2, 0.25) is 0 Å². The van der Waals surface area contributed by atoms with Crippen LogP contribution in [-0.4, -0.2) is 40.8 Å². The average molecular weight is 353 g/mol. The molecular formula is C19H19N3O4. The van der Waals surface area contributed by atoms with E-state index in [0.29, 0.717) is 18.5 Å². The Hall–Kier alpha value is -3.35. The third kappa shape index (κ3) is 4.00. The van der Waals surface area contributed by atoms with Gasteiger partial charge in [0.2, 0.25) is 0 Å². The number of amides is 1. The number of nitrogens with one attached hydrogen (secondary N) is 3. The van der Waals surface area contributed by atoms with Crippen LogP contribution in [0.4, 0.5) is 0 Å². The number of ether oxygens (including phenoxy) is 1. The van der Waals surface area contributed by atoms with Crippen LogP contribution in [0.3, 0.4) is 0 Å².